The van der Waals surface area contributed by atoms with Gasteiger partial charge in [-0.05, 0) is 56.6 Å². The third kappa shape index (κ3) is 5.02. The molecule has 1 heterocycles. The zero-order valence-electron chi connectivity index (χ0n) is 12.5. The van der Waals surface area contributed by atoms with E-state index in [2.05, 4.69) is 17.1 Å². The molecule has 0 saturated carbocycles. The lowest BCUT2D eigenvalue weighted by Gasteiger charge is -2.21. The Balaban J connectivity index is 1.73. The van der Waals surface area contributed by atoms with Crippen LogP contribution in [0.4, 0.5) is 8.78 Å². The lowest BCUT2D eigenvalue weighted by molar-refractivity contribution is 0.166. The molecule has 2 atom stereocenters. The van der Waals surface area contributed by atoms with Gasteiger partial charge in [0.1, 0.15) is 11.6 Å². The molecule has 1 saturated heterocycles. The van der Waals surface area contributed by atoms with Crippen molar-refractivity contribution in [2.24, 2.45) is 5.92 Å². The molecule has 2 rings (SSSR count). The minimum Gasteiger partial charge on any atom is -0.387 e. The summed E-state index contributed by atoms with van der Waals surface area (Å²) in [7, 11) is 0. The third-order valence-corrected chi connectivity index (χ3v) is 3.92. The summed E-state index contributed by atoms with van der Waals surface area (Å²) in [6.07, 6.45) is 1.52. The SMILES string of the molecule is CC(CNCC(O)c1cc(F)ccc1F)CN1CCCC1. The fourth-order valence-corrected chi connectivity index (χ4v) is 2.82. The van der Waals surface area contributed by atoms with Crippen LogP contribution in [0.1, 0.15) is 31.4 Å². The van der Waals surface area contributed by atoms with Crippen LogP contribution >= 0.6 is 0 Å². The van der Waals surface area contributed by atoms with Crippen molar-refractivity contribution in [3.63, 3.8) is 0 Å². The molecule has 2 N–H and O–H groups in total. The van der Waals surface area contributed by atoms with Crippen LogP contribution in [0.25, 0.3) is 0 Å². The van der Waals surface area contributed by atoms with Crippen LogP contribution in [0.5, 0.6) is 0 Å². The first-order valence-corrected chi connectivity index (χ1v) is 7.62. The van der Waals surface area contributed by atoms with Crippen molar-refractivity contribution in [1.29, 1.82) is 0 Å². The van der Waals surface area contributed by atoms with E-state index >= 15 is 0 Å². The average Bonchev–Trinajstić information content (AvgIpc) is 2.94. The summed E-state index contributed by atoms with van der Waals surface area (Å²) in [6, 6.07) is 3.15. The second-order valence-corrected chi connectivity index (χ2v) is 5.95. The molecule has 0 bridgehead atoms. The number of halogens is 2. The van der Waals surface area contributed by atoms with Crippen molar-refractivity contribution >= 4 is 0 Å². The van der Waals surface area contributed by atoms with Gasteiger partial charge in [0.05, 0.1) is 6.10 Å². The highest BCUT2D eigenvalue weighted by Crippen LogP contribution is 2.17. The van der Waals surface area contributed by atoms with Gasteiger partial charge in [-0.25, -0.2) is 8.78 Å². The molecular formula is C16H24F2N2O. The predicted octanol–water partition coefficient (Wildman–Crippen LogP) is 2.32. The zero-order chi connectivity index (χ0) is 15.2. The zero-order valence-corrected chi connectivity index (χ0v) is 12.5. The van der Waals surface area contributed by atoms with Gasteiger partial charge in [-0.15, -0.1) is 0 Å². The number of nitrogens with one attached hydrogen (secondary N) is 1. The summed E-state index contributed by atoms with van der Waals surface area (Å²) < 4.78 is 26.6. The van der Waals surface area contributed by atoms with E-state index in [0.29, 0.717) is 5.92 Å². The quantitative estimate of drug-likeness (QED) is 0.811. The molecule has 2 unspecified atom stereocenters. The molecular weight excluding hydrogens is 274 g/mol. The van der Waals surface area contributed by atoms with Crippen LogP contribution in [0.3, 0.4) is 0 Å². The fourth-order valence-electron chi connectivity index (χ4n) is 2.82. The number of aliphatic hydroxyl groups excluding tert-OH is 1. The van der Waals surface area contributed by atoms with E-state index in [9.17, 15) is 13.9 Å². The maximum Gasteiger partial charge on any atom is 0.129 e. The van der Waals surface area contributed by atoms with E-state index in [4.69, 9.17) is 0 Å². The largest absolute Gasteiger partial charge is 0.387 e. The van der Waals surface area contributed by atoms with Gasteiger partial charge in [-0.2, -0.15) is 0 Å². The maximum absolute atomic E-state index is 13.5. The van der Waals surface area contributed by atoms with Gasteiger partial charge in [-0.1, -0.05) is 6.92 Å². The van der Waals surface area contributed by atoms with Gasteiger partial charge in [-0.3, -0.25) is 0 Å². The highest BCUT2D eigenvalue weighted by molar-refractivity contribution is 5.21. The van der Waals surface area contributed by atoms with E-state index in [1.807, 2.05) is 0 Å². The predicted molar refractivity (Wildman–Crippen MR) is 79.0 cm³/mol. The van der Waals surface area contributed by atoms with Crippen molar-refractivity contribution in [3.05, 3.63) is 35.4 Å². The van der Waals surface area contributed by atoms with Crippen molar-refractivity contribution in [2.45, 2.75) is 25.9 Å². The number of rotatable bonds is 7. The van der Waals surface area contributed by atoms with Gasteiger partial charge >= 0.3 is 0 Å². The molecule has 1 aromatic carbocycles. The molecule has 0 radical (unpaired) electrons. The number of benzene rings is 1. The molecule has 5 heteroatoms. The first kappa shape index (κ1) is 16.3. The fraction of sp³-hybridized carbons (Fsp3) is 0.625. The monoisotopic (exact) mass is 298 g/mol. The summed E-state index contributed by atoms with van der Waals surface area (Å²) in [6.45, 7) is 6.51. The molecule has 1 fully saturated rings. The Morgan fingerprint density at radius 1 is 1.24 bits per heavy atom. The first-order chi connectivity index (χ1) is 10.1. The number of nitrogens with zero attached hydrogens (tertiary/aromatic N) is 1. The van der Waals surface area contributed by atoms with Crippen molar-refractivity contribution in [1.82, 2.24) is 10.2 Å². The molecule has 0 aromatic heterocycles. The Bertz CT molecular complexity index is 450. The minimum absolute atomic E-state index is 0.00898. The second-order valence-electron chi connectivity index (χ2n) is 5.95. The Hall–Kier alpha value is -1.04. The van der Waals surface area contributed by atoms with Crippen LogP contribution in [-0.4, -0.2) is 42.7 Å². The second kappa shape index (κ2) is 7.82. The highest BCUT2D eigenvalue weighted by atomic mass is 19.1. The van der Waals surface area contributed by atoms with E-state index in [1.54, 1.807) is 0 Å². The maximum atomic E-state index is 13.5. The van der Waals surface area contributed by atoms with E-state index in [-0.39, 0.29) is 12.1 Å². The first-order valence-electron chi connectivity index (χ1n) is 7.62. The van der Waals surface area contributed by atoms with Crippen molar-refractivity contribution in [3.8, 4) is 0 Å². The van der Waals surface area contributed by atoms with Crippen LogP contribution < -0.4 is 5.32 Å². The van der Waals surface area contributed by atoms with E-state index < -0.39 is 17.7 Å². The van der Waals surface area contributed by atoms with Crippen molar-refractivity contribution < 1.29 is 13.9 Å². The van der Waals surface area contributed by atoms with Crippen LogP contribution in [0.15, 0.2) is 18.2 Å². The average molecular weight is 298 g/mol. The van der Waals surface area contributed by atoms with E-state index in [0.717, 1.165) is 31.3 Å². The molecule has 118 valence electrons. The minimum atomic E-state index is -1.03. The topological polar surface area (TPSA) is 35.5 Å². The summed E-state index contributed by atoms with van der Waals surface area (Å²) in [5, 5.41) is 13.1. The molecule has 3 nitrogen and oxygen atoms in total. The lowest BCUT2D eigenvalue weighted by Crippen LogP contribution is -2.33. The smallest absolute Gasteiger partial charge is 0.129 e. The number of likely N-dealkylation sites (tertiary alicyclic amines) is 1. The van der Waals surface area contributed by atoms with Crippen molar-refractivity contribution in [2.75, 3.05) is 32.7 Å². The molecule has 1 aliphatic rings. The summed E-state index contributed by atoms with van der Waals surface area (Å²) in [5.41, 5.74) is 0.00898. The molecule has 0 amide bonds. The summed E-state index contributed by atoms with van der Waals surface area (Å²) in [4.78, 5) is 2.44. The van der Waals surface area contributed by atoms with Crippen LogP contribution in [0, 0.1) is 17.6 Å². The Kier molecular flexibility index (Phi) is 6.08. The molecule has 21 heavy (non-hydrogen) atoms. The van der Waals surface area contributed by atoms with Gasteiger partial charge < -0.3 is 15.3 Å². The Morgan fingerprint density at radius 2 is 1.95 bits per heavy atom. The Morgan fingerprint density at radius 3 is 2.67 bits per heavy atom. The number of hydrogen-bond acceptors (Lipinski definition) is 3. The van der Waals surface area contributed by atoms with Crippen LogP contribution in [0.2, 0.25) is 0 Å². The standard InChI is InChI=1S/C16H24F2N2O/c1-12(11-20-6-2-3-7-20)9-19-10-16(21)14-8-13(17)4-5-15(14)18/h4-5,8,12,16,19,21H,2-3,6-7,9-11H2,1H3. The molecule has 1 aliphatic heterocycles. The normalized spacial score (nSPS) is 18.9. The number of hydrogen-bond donors (Lipinski definition) is 2. The summed E-state index contributed by atoms with van der Waals surface area (Å²) in [5.74, 6) is -0.642. The third-order valence-electron chi connectivity index (χ3n) is 3.92. The molecule has 0 aliphatic carbocycles. The summed E-state index contributed by atoms with van der Waals surface area (Å²) >= 11 is 0. The number of aliphatic hydroxyl groups is 1. The van der Waals surface area contributed by atoms with Gasteiger partial charge in [0.2, 0.25) is 0 Å². The van der Waals surface area contributed by atoms with Gasteiger partial charge in [0, 0.05) is 18.7 Å². The van der Waals surface area contributed by atoms with Crippen LogP contribution in [-0.2, 0) is 0 Å². The highest BCUT2D eigenvalue weighted by Gasteiger charge is 2.16. The van der Waals surface area contributed by atoms with Gasteiger partial charge in [0.15, 0.2) is 0 Å². The van der Waals surface area contributed by atoms with E-state index in [1.165, 1.54) is 25.9 Å². The molecule has 1 aromatic rings. The Labute approximate surface area is 125 Å². The molecule has 0 spiro atoms. The lowest BCUT2D eigenvalue weighted by atomic mass is 10.1. The van der Waals surface area contributed by atoms with Gasteiger partial charge in [0.25, 0.3) is 0 Å².